The molecule has 25 heavy (non-hydrogen) atoms. The number of hydrogen-bond acceptors (Lipinski definition) is 2. The topological polar surface area (TPSA) is 29.5 Å². The Labute approximate surface area is 151 Å². The molecule has 0 N–H and O–H groups in total. The highest BCUT2D eigenvalue weighted by molar-refractivity contribution is 5.87. The second-order valence-electron chi connectivity index (χ2n) is 8.35. The molecular formula is C22H29NO2. The van der Waals surface area contributed by atoms with Crippen LogP contribution in [-0.4, -0.2) is 11.7 Å². The van der Waals surface area contributed by atoms with E-state index in [0.29, 0.717) is 6.54 Å². The van der Waals surface area contributed by atoms with Crippen molar-refractivity contribution in [2.45, 2.75) is 59.1 Å². The van der Waals surface area contributed by atoms with Crippen LogP contribution in [0.5, 0.6) is 0 Å². The number of rotatable bonds is 3. The van der Waals surface area contributed by atoms with Gasteiger partial charge in [0, 0.05) is 5.69 Å². The summed E-state index contributed by atoms with van der Waals surface area (Å²) in [5.41, 5.74) is 2.69. The molecule has 0 spiro atoms. The maximum atomic E-state index is 12.7. The third-order valence-corrected chi connectivity index (χ3v) is 3.84. The third-order valence-electron chi connectivity index (χ3n) is 3.84. The van der Waals surface area contributed by atoms with Gasteiger partial charge < -0.3 is 4.74 Å². The number of nitrogens with zero attached hydrogens (tertiary/aromatic N) is 1. The first-order chi connectivity index (χ1) is 11.6. The summed E-state index contributed by atoms with van der Waals surface area (Å²) in [6.45, 7) is 12.7. The summed E-state index contributed by atoms with van der Waals surface area (Å²) in [6.07, 6.45) is -0.333. The van der Waals surface area contributed by atoms with Gasteiger partial charge in [0.1, 0.15) is 5.60 Å². The molecule has 134 valence electrons. The van der Waals surface area contributed by atoms with Gasteiger partial charge in [-0.2, -0.15) is 0 Å². The average molecular weight is 339 g/mol. The van der Waals surface area contributed by atoms with Crippen molar-refractivity contribution < 1.29 is 9.53 Å². The normalized spacial score (nSPS) is 11.9. The van der Waals surface area contributed by atoms with E-state index in [2.05, 4.69) is 32.9 Å². The van der Waals surface area contributed by atoms with Crippen LogP contribution < -0.4 is 4.90 Å². The smallest absolute Gasteiger partial charge is 0.415 e. The van der Waals surface area contributed by atoms with Crippen molar-refractivity contribution in [2.24, 2.45) is 0 Å². The van der Waals surface area contributed by atoms with Crippen molar-refractivity contribution >= 4 is 11.8 Å². The molecule has 0 saturated carbocycles. The first-order valence-electron chi connectivity index (χ1n) is 8.71. The minimum absolute atomic E-state index is 0.0781. The van der Waals surface area contributed by atoms with Crippen molar-refractivity contribution in [1.29, 1.82) is 0 Å². The van der Waals surface area contributed by atoms with Crippen molar-refractivity contribution in [2.75, 3.05) is 4.90 Å². The number of hydrogen-bond donors (Lipinski definition) is 0. The van der Waals surface area contributed by atoms with E-state index in [1.54, 1.807) is 4.90 Å². The Morgan fingerprint density at radius 1 is 0.880 bits per heavy atom. The zero-order chi connectivity index (χ0) is 18.7. The van der Waals surface area contributed by atoms with Crippen molar-refractivity contribution in [3.8, 4) is 0 Å². The lowest BCUT2D eigenvalue weighted by Crippen LogP contribution is -2.36. The van der Waals surface area contributed by atoms with Gasteiger partial charge in [-0.15, -0.1) is 0 Å². The highest BCUT2D eigenvalue weighted by Crippen LogP contribution is 2.26. The number of ether oxygens (including phenoxy) is 1. The van der Waals surface area contributed by atoms with E-state index >= 15 is 0 Å². The van der Waals surface area contributed by atoms with Crippen LogP contribution in [0.25, 0.3) is 0 Å². The highest BCUT2D eigenvalue weighted by Gasteiger charge is 2.24. The van der Waals surface area contributed by atoms with E-state index in [-0.39, 0.29) is 11.5 Å². The second kappa shape index (κ2) is 7.30. The fourth-order valence-electron chi connectivity index (χ4n) is 2.49. The zero-order valence-corrected chi connectivity index (χ0v) is 16.2. The Hall–Kier alpha value is -2.29. The van der Waals surface area contributed by atoms with Crippen LogP contribution in [0.15, 0.2) is 54.6 Å². The van der Waals surface area contributed by atoms with Gasteiger partial charge in [0.25, 0.3) is 0 Å². The Morgan fingerprint density at radius 3 is 1.92 bits per heavy atom. The average Bonchev–Trinajstić information content (AvgIpc) is 2.51. The minimum atomic E-state index is -0.530. The Balaban J connectivity index is 2.32. The predicted molar refractivity (Wildman–Crippen MR) is 104 cm³/mol. The van der Waals surface area contributed by atoms with Crippen LogP contribution in [-0.2, 0) is 16.7 Å². The van der Waals surface area contributed by atoms with E-state index in [0.717, 1.165) is 11.3 Å². The molecule has 1 amide bonds. The second-order valence-corrected chi connectivity index (χ2v) is 8.35. The van der Waals surface area contributed by atoms with Crippen molar-refractivity contribution in [1.82, 2.24) is 0 Å². The summed E-state index contributed by atoms with van der Waals surface area (Å²) in [5.74, 6) is 0. The van der Waals surface area contributed by atoms with Gasteiger partial charge in [-0.05, 0) is 49.4 Å². The van der Waals surface area contributed by atoms with Crippen LogP contribution in [0.2, 0.25) is 0 Å². The van der Waals surface area contributed by atoms with Gasteiger partial charge in [-0.25, -0.2) is 4.79 Å². The molecule has 2 rings (SSSR count). The molecule has 3 nitrogen and oxygen atoms in total. The number of benzene rings is 2. The third kappa shape index (κ3) is 5.63. The Bertz CT molecular complexity index is 692. The largest absolute Gasteiger partial charge is 0.443 e. The van der Waals surface area contributed by atoms with Crippen LogP contribution in [0.3, 0.4) is 0 Å². The van der Waals surface area contributed by atoms with Crippen LogP contribution in [0.1, 0.15) is 52.7 Å². The lowest BCUT2D eigenvalue weighted by molar-refractivity contribution is 0.0577. The molecule has 0 aromatic heterocycles. The fraction of sp³-hybridized carbons (Fsp3) is 0.409. The minimum Gasteiger partial charge on any atom is -0.443 e. The molecule has 0 radical (unpaired) electrons. The van der Waals surface area contributed by atoms with Gasteiger partial charge in [0.15, 0.2) is 0 Å². The molecule has 0 atom stereocenters. The SMILES string of the molecule is CC(C)(C)OC(=O)N(Cc1ccccc1)c1ccc(C(C)(C)C)cc1. The number of anilines is 1. The van der Waals surface area contributed by atoms with Gasteiger partial charge in [-0.1, -0.05) is 63.2 Å². The summed E-state index contributed by atoms with van der Waals surface area (Å²) in [5, 5.41) is 0. The predicted octanol–water partition coefficient (Wildman–Crippen LogP) is 5.93. The van der Waals surface area contributed by atoms with Crippen LogP contribution >= 0.6 is 0 Å². The molecule has 0 heterocycles. The fourth-order valence-corrected chi connectivity index (χ4v) is 2.49. The monoisotopic (exact) mass is 339 g/mol. The van der Waals surface area contributed by atoms with Crippen LogP contribution in [0, 0.1) is 0 Å². The Kier molecular flexibility index (Phi) is 5.56. The molecule has 0 saturated heterocycles. The molecule has 0 aliphatic carbocycles. The molecular weight excluding hydrogens is 310 g/mol. The van der Waals surface area contributed by atoms with Gasteiger partial charge in [-0.3, -0.25) is 4.90 Å². The van der Waals surface area contributed by atoms with Gasteiger partial charge >= 0.3 is 6.09 Å². The first kappa shape index (κ1) is 19.0. The molecule has 0 fully saturated rings. The van der Waals surface area contributed by atoms with E-state index in [9.17, 15) is 4.79 Å². The molecule has 3 heteroatoms. The maximum absolute atomic E-state index is 12.7. The molecule has 0 bridgehead atoms. The molecule has 0 unspecified atom stereocenters. The van der Waals surface area contributed by atoms with E-state index < -0.39 is 5.60 Å². The van der Waals surface area contributed by atoms with Gasteiger partial charge in [0.2, 0.25) is 0 Å². The summed E-state index contributed by atoms with van der Waals surface area (Å²) in [6, 6.07) is 18.1. The quantitative estimate of drug-likeness (QED) is 0.694. The van der Waals surface area contributed by atoms with Crippen LogP contribution in [0.4, 0.5) is 10.5 Å². The summed E-state index contributed by atoms with van der Waals surface area (Å²) >= 11 is 0. The summed E-state index contributed by atoms with van der Waals surface area (Å²) in [4.78, 5) is 14.4. The van der Waals surface area contributed by atoms with Crippen molar-refractivity contribution in [3.63, 3.8) is 0 Å². The molecule has 2 aromatic carbocycles. The molecule has 0 aliphatic rings. The van der Waals surface area contributed by atoms with Crippen molar-refractivity contribution in [3.05, 3.63) is 65.7 Å². The number of carbonyl (C=O) groups excluding carboxylic acids is 1. The zero-order valence-electron chi connectivity index (χ0n) is 16.2. The molecule has 0 aliphatic heterocycles. The maximum Gasteiger partial charge on any atom is 0.415 e. The standard InChI is InChI=1S/C22H29NO2/c1-21(2,3)18-12-14-19(15-13-18)23(20(24)25-22(4,5)6)16-17-10-8-7-9-11-17/h7-15H,16H2,1-6H3. The van der Waals surface area contributed by atoms with Gasteiger partial charge in [0.05, 0.1) is 6.54 Å². The summed E-state index contributed by atoms with van der Waals surface area (Å²) in [7, 11) is 0. The first-order valence-corrected chi connectivity index (χ1v) is 8.71. The van der Waals surface area contributed by atoms with E-state index in [1.165, 1.54) is 5.56 Å². The number of amides is 1. The lowest BCUT2D eigenvalue weighted by atomic mass is 9.87. The van der Waals surface area contributed by atoms with E-state index in [1.807, 2.05) is 63.2 Å². The number of carbonyl (C=O) groups is 1. The summed E-state index contributed by atoms with van der Waals surface area (Å²) < 4.78 is 5.61. The Morgan fingerprint density at radius 2 is 1.44 bits per heavy atom. The van der Waals surface area contributed by atoms with E-state index in [4.69, 9.17) is 4.74 Å². The highest BCUT2D eigenvalue weighted by atomic mass is 16.6. The molecule has 2 aromatic rings. The lowest BCUT2D eigenvalue weighted by Gasteiger charge is -2.28.